The van der Waals surface area contributed by atoms with Crippen molar-refractivity contribution in [3.05, 3.63) is 35.9 Å². The number of carboxylic acids is 3. The van der Waals surface area contributed by atoms with Crippen molar-refractivity contribution in [2.24, 2.45) is 11.5 Å². The number of primary amides is 1. The monoisotopic (exact) mass is 523 g/mol. The van der Waals surface area contributed by atoms with Crippen molar-refractivity contribution in [2.75, 3.05) is 0 Å². The molecule has 0 bridgehead atoms. The van der Waals surface area contributed by atoms with Crippen LogP contribution >= 0.6 is 0 Å². The molecule has 1 rings (SSSR count). The molecule has 202 valence electrons. The van der Waals surface area contributed by atoms with E-state index in [1.807, 2.05) is 0 Å². The zero-order valence-electron chi connectivity index (χ0n) is 19.6. The van der Waals surface area contributed by atoms with Gasteiger partial charge in [0.1, 0.15) is 18.1 Å². The molecule has 0 saturated carbocycles. The van der Waals surface area contributed by atoms with Crippen molar-refractivity contribution in [1.82, 2.24) is 16.0 Å². The number of amides is 4. The minimum absolute atomic E-state index is 0.131. The summed E-state index contributed by atoms with van der Waals surface area (Å²) >= 11 is 0. The van der Waals surface area contributed by atoms with E-state index in [0.717, 1.165) is 0 Å². The lowest BCUT2D eigenvalue weighted by Gasteiger charge is -2.24. The number of nitrogens with one attached hydrogen (secondary N) is 3. The van der Waals surface area contributed by atoms with Gasteiger partial charge in [-0.05, 0) is 12.0 Å². The first kappa shape index (κ1) is 30.5. The second-order valence-electron chi connectivity index (χ2n) is 8.02. The van der Waals surface area contributed by atoms with Gasteiger partial charge in [0.25, 0.3) is 0 Å². The molecule has 1 aromatic carbocycles. The van der Waals surface area contributed by atoms with Crippen molar-refractivity contribution in [1.29, 1.82) is 0 Å². The molecule has 0 radical (unpaired) electrons. The lowest BCUT2D eigenvalue weighted by Crippen LogP contribution is -2.57. The van der Waals surface area contributed by atoms with Gasteiger partial charge in [-0.25, -0.2) is 4.79 Å². The third kappa shape index (κ3) is 11.6. The largest absolute Gasteiger partial charge is 0.481 e. The molecule has 0 heterocycles. The van der Waals surface area contributed by atoms with Crippen LogP contribution in [-0.2, 0) is 40.0 Å². The molecule has 0 aliphatic rings. The van der Waals surface area contributed by atoms with Crippen molar-refractivity contribution in [2.45, 2.75) is 56.3 Å². The van der Waals surface area contributed by atoms with Gasteiger partial charge in [0, 0.05) is 12.8 Å². The first-order valence-corrected chi connectivity index (χ1v) is 11.0. The zero-order chi connectivity index (χ0) is 28.1. The molecule has 1 aromatic rings. The predicted octanol–water partition coefficient (Wildman–Crippen LogP) is -2.69. The molecule has 10 N–H and O–H groups in total. The lowest BCUT2D eigenvalue weighted by molar-refractivity contribution is -0.143. The third-order valence-electron chi connectivity index (χ3n) is 4.95. The maximum Gasteiger partial charge on any atom is 0.326 e. The Morgan fingerprint density at radius 3 is 1.76 bits per heavy atom. The van der Waals surface area contributed by atoms with Gasteiger partial charge in [0.2, 0.25) is 23.6 Å². The van der Waals surface area contributed by atoms with E-state index in [1.165, 1.54) is 0 Å². The Hall–Kier alpha value is -4.53. The van der Waals surface area contributed by atoms with Gasteiger partial charge in [-0.3, -0.25) is 28.8 Å². The van der Waals surface area contributed by atoms with E-state index in [-0.39, 0.29) is 12.8 Å². The van der Waals surface area contributed by atoms with Gasteiger partial charge < -0.3 is 42.7 Å². The Balaban J connectivity index is 3.04. The number of carboxylic acid groups (broad SMARTS) is 3. The zero-order valence-corrected chi connectivity index (χ0v) is 19.6. The lowest BCUT2D eigenvalue weighted by atomic mass is 10.0. The number of benzene rings is 1. The molecule has 0 aliphatic carbocycles. The summed E-state index contributed by atoms with van der Waals surface area (Å²) in [5, 5.41) is 33.9. The Labute approximate surface area is 210 Å². The average Bonchev–Trinajstić information content (AvgIpc) is 2.80. The Bertz CT molecular complexity index is 1020. The molecule has 0 saturated heterocycles. The van der Waals surface area contributed by atoms with E-state index in [9.17, 15) is 43.8 Å². The van der Waals surface area contributed by atoms with Crippen LogP contribution < -0.4 is 27.4 Å². The fourth-order valence-corrected chi connectivity index (χ4v) is 3.09. The SMILES string of the molecule is NC(=O)CCC(NC(=O)C(N)CC(=O)O)C(=O)NC(CC(=O)O)C(=O)NC(Cc1ccccc1)C(=O)O. The number of carbonyl (C=O) groups excluding carboxylic acids is 4. The summed E-state index contributed by atoms with van der Waals surface area (Å²) in [6.45, 7) is 0. The van der Waals surface area contributed by atoms with Crippen LogP contribution in [0.15, 0.2) is 30.3 Å². The van der Waals surface area contributed by atoms with Crippen molar-refractivity contribution in [3.8, 4) is 0 Å². The number of hydrogen-bond donors (Lipinski definition) is 8. The third-order valence-corrected chi connectivity index (χ3v) is 4.95. The molecule has 0 fully saturated rings. The van der Waals surface area contributed by atoms with Crippen LogP contribution in [0.1, 0.15) is 31.2 Å². The van der Waals surface area contributed by atoms with Crippen LogP contribution in [0, 0.1) is 0 Å². The highest BCUT2D eigenvalue weighted by Crippen LogP contribution is 2.06. The molecule has 4 atom stereocenters. The first-order chi connectivity index (χ1) is 17.3. The number of hydrogen-bond acceptors (Lipinski definition) is 8. The molecule has 15 heteroatoms. The highest BCUT2D eigenvalue weighted by Gasteiger charge is 2.32. The van der Waals surface area contributed by atoms with Crippen LogP contribution in [0.25, 0.3) is 0 Å². The van der Waals surface area contributed by atoms with Crippen molar-refractivity contribution >= 4 is 41.5 Å². The van der Waals surface area contributed by atoms with Crippen LogP contribution in [0.4, 0.5) is 0 Å². The van der Waals surface area contributed by atoms with Gasteiger partial charge in [0.15, 0.2) is 0 Å². The molecular weight excluding hydrogens is 494 g/mol. The fraction of sp³-hybridized carbons (Fsp3) is 0.409. The summed E-state index contributed by atoms with van der Waals surface area (Å²) in [5.74, 6) is -8.42. The van der Waals surface area contributed by atoms with E-state index in [2.05, 4.69) is 16.0 Å². The second kappa shape index (κ2) is 14.8. The number of nitrogens with two attached hydrogens (primary N) is 2. The summed E-state index contributed by atoms with van der Waals surface area (Å²) in [4.78, 5) is 82.7. The highest BCUT2D eigenvalue weighted by atomic mass is 16.4. The minimum Gasteiger partial charge on any atom is -0.481 e. The fourth-order valence-electron chi connectivity index (χ4n) is 3.09. The summed E-state index contributed by atoms with van der Waals surface area (Å²) in [6.07, 6.45) is -2.61. The van der Waals surface area contributed by atoms with Crippen molar-refractivity contribution in [3.63, 3.8) is 0 Å². The molecular formula is C22H29N5O10. The molecule has 0 aromatic heterocycles. The molecule has 15 nitrogen and oxygen atoms in total. The standard InChI is InChI=1S/C22H29N5O10/c23-12(9-17(29)30)19(33)25-13(6-7-16(24)28)20(34)26-14(10-18(31)32)21(35)27-15(22(36)37)8-11-4-2-1-3-5-11/h1-5,12-15H,6-10,23H2,(H2,24,28)(H,25,33)(H,26,34)(H,27,35)(H,29,30)(H,31,32)(H,36,37). The number of carbonyl (C=O) groups is 7. The minimum atomic E-state index is -1.76. The maximum absolute atomic E-state index is 12.8. The quantitative estimate of drug-likeness (QED) is 0.110. The van der Waals surface area contributed by atoms with Gasteiger partial charge in [-0.1, -0.05) is 30.3 Å². The Kier molecular flexibility index (Phi) is 12.2. The summed E-state index contributed by atoms with van der Waals surface area (Å²) in [7, 11) is 0. The molecule has 0 spiro atoms. The van der Waals surface area contributed by atoms with E-state index < -0.39 is 85.0 Å². The van der Waals surface area contributed by atoms with E-state index >= 15 is 0 Å². The van der Waals surface area contributed by atoms with Crippen LogP contribution in [-0.4, -0.2) is 81.0 Å². The maximum atomic E-state index is 12.8. The summed E-state index contributed by atoms with van der Waals surface area (Å²) in [6, 6.07) is 1.97. The van der Waals surface area contributed by atoms with Crippen LogP contribution in [0.3, 0.4) is 0 Å². The predicted molar refractivity (Wildman–Crippen MR) is 124 cm³/mol. The molecule has 0 aliphatic heterocycles. The molecule has 4 unspecified atom stereocenters. The first-order valence-electron chi connectivity index (χ1n) is 11.0. The number of rotatable bonds is 16. The van der Waals surface area contributed by atoms with Crippen molar-refractivity contribution < 1.29 is 48.9 Å². The summed E-state index contributed by atoms with van der Waals surface area (Å²) in [5.41, 5.74) is 11.1. The van der Waals surface area contributed by atoms with Gasteiger partial charge in [-0.2, -0.15) is 0 Å². The van der Waals surface area contributed by atoms with Crippen LogP contribution in [0.2, 0.25) is 0 Å². The van der Waals surface area contributed by atoms with Gasteiger partial charge in [0.05, 0.1) is 18.9 Å². The van der Waals surface area contributed by atoms with E-state index in [1.54, 1.807) is 30.3 Å². The average molecular weight is 523 g/mol. The molecule has 37 heavy (non-hydrogen) atoms. The summed E-state index contributed by atoms with van der Waals surface area (Å²) < 4.78 is 0. The van der Waals surface area contributed by atoms with Gasteiger partial charge >= 0.3 is 17.9 Å². The Morgan fingerprint density at radius 2 is 1.24 bits per heavy atom. The van der Waals surface area contributed by atoms with Crippen LogP contribution in [0.5, 0.6) is 0 Å². The highest BCUT2D eigenvalue weighted by molar-refractivity contribution is 5.96. The normalized spacial score (nSPS) is 13.8. The Morgan fingerprint density at radius 1 is 0.730 bits per heavy atom. The topological polar surface area (TPSA) is 268 Å². The van der Waals surface area contributed by atoms with E-state index in [0.29, 0.717) is 5.56 Å². The second-order valence-corrected chi connectivity index (χ2v) is 8.02. The van der Waals surface area contributed by atoms with E-state index in [4.69, 9.17) is 16.6 Å². The smallest absolute Gasteiger partial charge is 0.326 e. The van der Waals surface area contributed by atoms with Gasteiger partial charge in [-0.15, -0.1) is 0 Å². The number of aliphatic carboxylic acids is 3. The molecule has 4 amide bonds.